The average Bonchev–Trinajstić information content (AvgIpc) is 2.39. The number of nitrogens with one attached hydrogen (secondary N) is 1. The number of thioether (sulfide) groups is 1. The lowest BCUT2D eigenvalue weighted by molar-refractivity contribution is 0.0467. The molecule has 2 atom stereocenters. The van der Waals surface area contributed by atoms with Crippen LogP contribution in [-0.4, -0.2) is 30.8 Å². The number of hydrogen-bond donors (Lipinski definition) is 1. The van der Waals surface area contributed by atoms with E-state index >= 15 is 0 Å². The quantitative estimate of drug-likeness (QED) is 0.896. The van der Waals surface area contributed by atoms with Gasteiger partial charge in [0.2, 0.25) is 0 Å². The maximum atomic E-state index is 13.6. The molecule has 2 rings (SSSR count). The van der Waals surface area contributed by atoms with Gasteiger partial charge in [-0.1, -0.05) is 13.0 Å². The van der Waals surface area contributed by atoms with Crippen LogP contribution in [0.1, 0.15) is 30.5 Å². The van der Waals surface area contributed by atoms with E-state index in [2.05, 4.69) is 18.3 Å². The summed E-state index contributed by atoms with van der Waals surface area (Å²) in [5, 5.41) is 3.50. The van der Waals surface area contributed by atoms with E-state index in [1.807, 2.05) is 18.7 Å². The van der Waals surface area contributed by atoms with E-state index < -0.39 is 0 Å². The van der Waals surface area contributed by atoms with Gasteiger partial charge in [0, 0.05) is 11.5 Å². The number of halogens is 1. The van der Waals surface area contributed by atoms with E-state index in [9.17, 15) is 4.39 Å². The molecule has 1 saturated heterocycles. The lowest BCUT2D eigenvalue weighted by Gasteiger charge is -2.31. The molecule has 1 fully saturated rings. The van der Waals surface area contributed by atoms with Crippen LogP contribution >= 0.6 is 11.8 Å². The number of ether oxygens (including phenoxy) is 1. The first-order valence-electron chi connectivity index (χ1n) is 6.90. The van der Waals surface area contributed by atoms with Crippen molar-refractivity contribution < 1.29 is 9.13 Å². The van der Waals surface area contributed by atoms with Crippen molar-refractivity contribution in [1.82, 2.24) is 5.32 Å². The molecule has 0 spiro atoms. The zero-order valence-corrected chi connectivity index (χ0v) is 12.4. The van der Waals surface area contributed by atoms with Gasteiger partial charge in [0.25, 0.3) is 0 Å². The third-order valence-electron chi connectivity index (χ3n) is 3.25. The van der Waals surface area contributed by atoms with Crippen molar-refractivity contribution in [3.05, 3.63) is 35.1 Å². The maximum absolute atomic E-state index is 13.6. The van der Waals surface area contributed by atoms with Crippen LogP contribution in [0.15, 0.2) is 18.2 Å². The van der Waals surface area contributed by atoms with Crippen LogP contribution in [-0.2, 0) is 4.74 Å². The fraction of sp³-hybridized carbons (Fsp3) is 0.600. The Morgan fingerprint density at radius 3 is 2.95 bits per heavy atom. The van der Waals surface area contributed by atoms with E-state index in [0.717, 1.165) is 42.2 Å². The largest absolute Gasteiger partial charge is 0.375 e. The van der Waals surface area contributed by atoms with Crippen LogP contribution in [0.5, 0.6) is 0 Å². The number of hydrogen-bond acceptors (Lipinski definition) is 3. The summed E-state index contributed by atoms with van der Waals surface area (Å²) in [6, 6.07) is 5.33. The Kier molecular flexibility index (Phi) is 5.67. The second-order valence-electron chi connectivity index (χ2n) is 4.98. The molecule has 4 heteroatoms. The van der Waals surface area contributed by atoms with Crippen molar-refractivity contribution in [3.8, 4) is 0 Å². The van der Waals surface area contributed by atoms with Gasteiger partial charge in [0.05, 0.1) is 18.8 Å². The number of rotatable bonds is 5. The van der Waals surface area contributed by atoms with Crippen molar-refractivity contribution in [2.45, 2.75) is 32.4 Å². The topological polar surface area (TPSA) is 21.3 Å². The van der Waals surface area contributed by atoms with Gasteiger partial charge in [0.15, 0.2) is 0 Å². The van der Waals surface area contributed by atoms with Crippen LogP contribution in [0.25, 0.3) is 0 Å². The van der Waals surface area contributed by atoms with Gasteiger partial charge >= 0.3 is 0 Å². The lowest BCUT2D eigenvalue weighted by atomic mass is 9.99. The standard InChI is InChI=1S/C15H22FNOS/c1-3-4-17-15(14-10-19-6-5-18-14)12-7-11(2)8-13(16)9-12/h7-9,14-15,17H,3-6,10H2,1-2H3. The molecule has 0 amide bonds. The Morgan fingerprint density at radius 1 is 1.47 bits per heavy atom. The highest BCUT2D eigenvalue weighted by atomic mass is 32.2. The Labute approximate surface area is 119 Å². The minimum Gasteiger partial charge on any atom is -0.375 e. The van der Waals surface area contributed by atoms with Crippen LogP contribution in [0, 0.1) is 12.7 Å². The van der Waals surface area contributed by atoms with Crippen LogP contribution in [0.3, 0.4) is 0 Å². The zero-order valence-electron chi connectivity index (χ0n) is 11.6. The summed E-state index contributed by atoms with van der Waals surface area (Å²) in [6.07, 6.45) is 1.19. The molecule has 0 aromatic heterocycles. The predicted molar refractivity (Wildman–Crippen MR) is 79.2 cm³/mol. The molecule has 106 valence electrons. The summed E-state index contributed by atoms with van der Waals surface area (Å²) >= 11 is 1.91. The first-order chi connectivity index (χ1) is 9.20. The van der Waals surface area contributed by atoms with Gasteiger partial charge in [-0.2, -0.15) is 11.8 Å². The van der Waals surface area contributed by atoms with Crippen LogP contribution in [0.2, 0.25) is 0 Å². The monoisotopic (exact) mass is 283 g/mol. The van der Waals surface area contributed by atoms with Gasteiger partial charge in [-0.05, 0) is 43.1 Å². The average molecular weight is 283 g/mol. The normalized spacial score (nSPS) is 21.3. The Hall–Kier alpha value is -0.580. The van der Waals surface area contributed by atoms with E-state index in [4.69, 9.17) is 4.74 Å². The molecule has 0 saturated carbocycles. The van der Waals surface area contributed by atoms with Gasteiger partial charge in [-0.15, -0.1) is 0 Å². The van der Waals surface area contributed by atoms with Crippen LogP contribution < -0.4 is 5.32 Å². The third kappa shape index (κ3) is 4.20. The molecule has 1 aromatic carbocycles. The molecule has 19 heavy (non-hydrogen) atoms. The van der Waals surface area contributed by atoms with Gasteiger partial charge in [0.1, 0.15) is 5.82 Å². The molecular formula is C15H22FNOS. The highest BCUT2D eigenvalue weighted by Gasteiger charge is 2.26. The summed E-state index contributed by atoms with van der Waals surface area (Å²) < 4.78 is 19.5. The van der Waals surface area contributed by atoms with Gasteiger partial charge in [-0.25, -0.2) is 4.39 Å². The molecule has 1 N–H and O–H groups in total. The maximum Gasteiger partial charge on any atom is 0.123 e. The molecule has 0 aliphatic carbocycles. The third-order valence-corrected chi connectivity index (χ3v) is 4.27. The van der Waals surface area contributed by atoms with E-state index in [-0.39, 0.29) is 18.0 Å². The molecule has 2 unspecified atom stereocenters. The SMILES string of the molecule is CCCNC(c1cc(C)cc(F)c1)C1CSCCO1. The highest BCUT2D eigenvalue weighted by Crippen LogP contribution is 2.27. The molecule has 0 bridgehead atoms. The van der Waals surface area contributed by atoms with Crippen molar-refractivity contribution in [2.75, 3.05) is 24.7 Å². The lowest BCUT2D eigenvalue weighted by Crippen LogP contribution is -2.38. The second-order valence-corrected chi connectivity index (χ2v) is 6.13. The number of benzene rings is 1. The molecule has 1 aliphatic heterocycles. The first kappa shape index (κ1) is 14.8. The van der Waals surface area contributed by atoms with E-state index in [1.165, 1.54) is 0 Å². The summed E-state index contributed by atoms with van der Waals surface area (Å²) in [5.74, 6) is 1.86. The van der Waals surface area contributed by atoms with Crippen molar-refractivity contribution in [3.63, 3.8) is 0 Å². The Bertz CT molecular complexity index is 387. The zero-order chi connectivity index (χ0) is 13.7. The summed E-state index contributed by atoms with van der Waals surface area (Å²) in [4.78, 5) is 0. The first-order valence-corrected chi connectivity index (χ1v) is 8.06. The predicted octanol–water partition coefficient (Wildman–Crippen LogP) is 3.31. The summed E-state index contributed by atoms with van der Waals surface area (Å²) in [7, 11) is 0. The Balaban J connectivity index is 2.19. The number of aryl methyl sites for hydroxylation is 1. The van der Waals surface area contributed by atoms with Crippen molar-refractivity contribution in [2.24, 2.45) is 0 Å². The van der Waals surface area contributed by atoms with Crippen molar-refractivity contribution >= 4 is 11.8 Å². The molecule has 1 aliphatic rings. The van der Waals surface area contributed by atoms with E-state index in [1.54, 1.807) is 12.1 Å². The molecule has 1 aromatic rings. The van der Waals surface area contributed by atoms with Gasteiger partial charge in [-0.3, -0.25) is 0 Å². The highest BCUT2D eigenvalue weighted by molar-refractivity contribution is 7.99. The molecular weight excluding hydrogens is 261 g/mol. The van der Waals surface area contributed by atoms with Gasteiger partial charge < -0.3 is 10.1 Å². The molecule has 2 nitrogen and oxygen atoms in total. The summed E-state index contributed by atoms with van der Waals surface area (Å²) in [6.45, 7) is 5.77. The second kappa shape index (κ2) is 7.27. The van der Waals surface area contributed by atoms with E-state index in [0.29, 0.717) is 0 Å². The minimum atomic E-state index is -0.165. The summed E-state index contributed by atoms with van der Waals surface area (Å²) in [5.41, 5.74) is 1.96. The Morgan fingerprint density at radius 2 is 2.32 bits per heavy atom. The smallest absolute Gasteiger partial charge is 0.123 e. The fourth-order valence-electron chi connectivity index (χ4n) is 2.41. The van der Waals surface area contributed by atoms with Crippen LogP contribution in [0.4, 0.5) is 4.39 Å². The minimum absolute atomic E-state index is 0.0853. The molecule has 1 heterocycles. The van der Waals surface area contributed by atoms with Crippen molar-refractivity contribution in [1.29, 1.82) is 0 Å². The fourth-order valence-corrected chi connectivity index (χ4v) is 3.31. The molecule has 0 radical (unpaired) electrons.